The molecule has 0 saturated heterocycles. The number of hydrogen-bond acceptors (Lipinski definition) is 6. The largest absolute Gasteiger partial charge is 0.497 e. The number of dihydropyridines is 1. The van der Waals surface area contributed by atoms with Crippen LogP contribution in [-0.2, 0) is 19.1 Å². The lowest BCUT2D eigenvalue weighted by atomic mass is 9.80. The van der Waals surface area contributed by atoms with E-state index in [0.29, 0.717) is 33.6 Å². The van der Waals surface area contributed by atoms with Crippen molar-refractivity contribution in [2.24, 2.45) is 0 Å². The van der Waals surface area contributed by atoms with Crippen LogP contribution in [0.3, 0.4) is 0 Å². The summed E-state index contributed by atoms with van der Waals surface area (Å²) in [4.78, 5) is 24.9. The molecule has 1 heterocycles. The van der Waals surface area contributed by atoms with Gasteiger partial charge in [0.05, 0.1) is 38.4 Å². The van der Waals surface area contributed by atoms with Crippen molar-refractivity contribution < 1.29 is 23.8 Å². The van der Waals surface area contributed by atoms with Gasteiger partial charge in [-0.05, 0) is 24.6 Å². The summed E-state index contributed by atoms with van der Waals surface area (Å²) in [6, 6.07) is 7.20. The minimum absolute atomic E-state index is 0.371. The number of nitrogens with one attached hydrogen (secondary N) is 1. The van der Waals surface area contributed by atoms with E-state index in [1.165, 1.54) is 14.2 Å². The quantitative estimate of drug-likeness (QED) is 0.595. The van der Waals surface area contributed by atoms with Crippen LogP contribution in [0.15, 0.2) is 46.8 Å². The van der Waals surface area contributed by atoms with E-state index >= 15 is 0 Å². The molecule has 1 aliphatic rings. The predicted molar refractivity (Wildman–Crippen MR) is 96.4 cm³/mol. The number of methoxy groups -OCH3 is 3. The molecule has 1 aromatic rings. The van der Waals surface area contributed by atoms with Gasteiger partial charge in [0.25, 0.3) is 0 Å². The van der Waals surface area contributed by atoms with Gasteiger partial charge in [-0.1, -0.05) is 28.1 Å². The maximum atomic E-state index is 12.5. The van der Waals surface area contributed by atoms with Crippen molar-refractivity contribution in [1.29, 1.82) is 0 Å². The Morgan fingerprint density at radius 2 is 1.60 bits per heavy atom. The molecule has 1 unspecified atom stereocenters. The van der Waals surface area contributed by atoms with Crippen molar-refractivity contribution >= 4 is 27.9 Å². The second-order valence-electron chi connectivity index (χ2n) is 5.38. The number of carbonyl (C=O) groups is 2. The highest BCUT2D eigenvalue weighted by atomic mass is 79.9. The number of rotatable bonds is 5. The van der Waals surface area contributed by atoms with Crippen LogP contribution in [0.5, 0.6) is 5.75 Å². The number of carbonyl (C=O) groups excluding carboxylic acids is 2. The molecule has 6 nitrogen and oxygen atoms in total. The van der Waals surface area contributed by atoms with Crippen LogP contribution < -0.4 is 10.1 Å². The molecular formula is C18H20BrNO5. The van der Waals surface area contributed by atoms with Gasteiger partial charge in [-0.3, -0.25) is 0 Å². The molecule has 1 N–H and O–H groups in total. The fraction of sp³-hybridized carbons (Fsp3) is 0.333. The zero-order chi connectivity index (χ0) is 18.6. The van der Waals surface area contributed by atoms with Crippen molar-refractivity contribution in [3.05, 3.63) is 52.4 Å². The molecule has 1 aliphatic heterocycles. The highest BCUT2D eigenvalue weighted by Gasteiger charge is 2.38. The Kier molecular flexibility index (Phi) is 6.25. The third kappa shape index (κ3) is 3.71. The Bertz CT molecular complexity index is 736. The average Bonchev–Trinajstić information content (AvgIpc) is 2.65. The third-order valence-electron chi connectivity index (χ3n) is 4.04. The van der Waals surface area contributed by atoms with Gasteiger partial charge in [0, 0.05) is 16.7 Å². The highest BCUT2D eigenvalue weighted by Crippen LogP contribution is 2.39. The molecule has 2 rings (SSSR count). The van der Waals surface area contributed by atoms with Gasteiger partial charge >= 0.3 is 11.9 Å². The molecule has 7 heteroatoms. The van der Waals surface area contributed by atoms with Crippen molar-refractivity contribution in [1.82, 2.24) is 5.32 Å². The van der Waals surface area contributed by atoms with E-state index in [2.05, 4.69) is 21.2 Å². The molecule has 1 atom stereocenters. The van der Waals surface area contributed by atoms with Gasteiger partial charge in [0.1, 0.15) is 5.75 Å². The first-order valence-electron chi connectivity index (χ1n) is 7.55. The molecule has 134 valence electrons. The summed E-state index contributed by atoms with van der Waals surface area (Å²) in [5.41, 5.74) is 2.79. The van der Waals surface area contributed by atoms with E-state index in [9.17, 15) is 9.59 Å². The average molecular weight is 410 g/mol. The van der Waals surface area contributed by atoms with Gasteiger partial charge in [-0.25, -0.2) is 9.59 Å². The number of esters is 2. The third-order valence-corrected chi connectivity index (χ3v) is 4.60. The lowest BCUT2D eigenvalue weighted by Crippen LogP contribution is -2.33. The molecule has 0 aromatic heterocycles. The van der Waals surface area contributed by atoms with Gasteiger partial charge in [0.2, 0.25) is 0 Å². The number of hydrogen-bond donors (Lipinski definition) is 1. The lowest BCUT2D eigenvalue weighted by molar-refractivity contribution is -0.137. The highest BCUT2D eigenvalue weighted by molar-refractivity contribution is 9.09. The van der Waals surface area contributed by atoms with Crippen LogP contribution in [-0.4, -0.2) is 38.6 Å². The zero-order valence-electron chi connectivity index (χ0n) is 14.5. The van der Waals surface area contributed by atoms with Crippen molar-refractivity contribution in [2.75, 3.05) is 26.7 Å². The fourth-order valence-corrected chi connectivity index (χ4v) is 3.31. The van der Waals surface area contributed by atoms with Crippen molar-refractivity contribution in [2.45, 2.75) is 12.8 Å². The van der Waals surface area contributed by atoms with Crippen molar-refractivity contribution in [3.63, 3.8) is 0 Å². The fourth-order valence-electron chi connectivity index (χ4n) is 2.86. The van der Waals surface area contributed by atoms with Gasteiger partial charge in [0.15, 0.2) is 0 Å². The summed E-state index contributed by atoms with van der Waals surface area (Å²) >= 11 is 3.39. The van der Waals surface area contributed by atoms with Gasteiger partial charge in [-0.15, -0.1) is 0 Å². The first-order chi connectivity index (χ1) is 12.0. The smallest absolute Gasteiger partial charge is 0.336 e. The molecule has 0 fully saturated rings. The molecule has 0 saturated carbocycles. The summed E-state index contributed by atoms with van der Waals surface area (Å²) in [6.07, 6.45) is 0. The van der Waals surface area contributed by atoms with E-state index in [1.54, 1.807) is 26.2 Å². The van der Waals surface area contributed by atoms with Crippen LogP contribution in [0.2, 0.25) is 0 Å². The Morgan fingerprint density at radius 1 is 1.04 bits per heavy atom. The van der Waals surface area contributed by atoms with E-state index in [4.69, 9.17) is 14.2 Å². The monoisotopic (exact) mass is 409 g/mol. The minimum Gasteiger partial charge on any atom is -0.497 e. The molecule has 1 aromatic carbocycles. The predicted octanol–water partition coefficient (Wildman–Crippen LogP) is 2.65. The minimum atomic E-state index is -0.598. The Balaban J connectivity index is 2.68. The maximum absolute atomic E-state index is 12.5. The van der Waals surface area contributed by atoms with Gasteiger partial charge < -0.3 is 19.5 Å². The zero-order valence-corrected chi connectivity index (χ0v) is 16.1. The summed E-state index contributed by atoms with van der Waals surface area (Å²) in [7, 11) is 4.21. The summed E-state index contributed by atoms with van der Waals surface area (Å²) < 4.78 is 15.1. The van der Waals surface area contributed by atoms with E-state index in [1.807, 2.05) is 12.1 Å². The molecule has 0 spiro atoms. The normalized spacial score (nSPS) is 17.1. The summed E-state index contributed by atoms with van der Waals surface area (Å²) in [6.45, 7) is 1.78. The van der Waals surface area contributed by atoms with Gasteiger partial charge in [-0.2, -0.15) is 0 Å². The number of allylic oxidation sites excluding steroid dienone is 2. The number of benzene rings is 1. The van der Waals surface area contributed by atoms with Crippen LogP contribution >= 0.6 is 15.9 Å². The number of alkyl halides is 1. The molecule has 0 radical (unpaired) electrons. The number of halogens is 1. The maximum Gasteiger partial charge on any atom is 0.336 e. The standard InChI is InChI=1S/C18H20BrNO5/c1-10-14(17(21)24-3)15(11-5-7-12(23-2)8-6-11)16(18(22)25-4)13(9-19)20-10/h5-8,15,20H,9H2,1-4H3. The number of ether oxygens (including phenoxy) is 3. The first-order valence-corrected chi connectivity index (χ1v) is 8.68. The van der Waals surface area contributed by atoms with Crippen LogP contribution in [0, 0.1) is 0 Å². The summed E-state index contributed by atoms with van der Waals surface area (Å²) in [5, 5.41) is 3.52. The SMILES string of the molecule is COC(=O)C1=C(C)NC(CBr)=C(C(=O)OC)C1c1ccc(OC)cc1. The molecule has 25 heavy (non-hydrogen) atoms. The Labute approximate surface area is 155 Å². The Hall–Kier alpha value is -2.28. The second-order valence-corrected chi connectivity index (χ2v) is 5.94. The van der Waals surface area contributed by atoms with E-state index in [-0.39, 0.29) is 0 Å². The van der Waals surface area contributed by atoms with E-state index in [0.717, 1.165) is 5.56 Å². The van der Waals surface area contributed by atoms with Crippen molar-refractivity contribution in [3.8, 4) is 5.75 Å². The first kappa shape index (κ1) is 19.1. The Morgan fingerprint density at radius 3 is 2.08 bits per heavy atom. The molecule has 0 amide bonds. The van der Waals surface area contributed by atoms with E-state index < -0.39 is 17.9 Å². The molecule has 0 aliphatic carbocycles. The van der Waals surface area contributed by atoms with Crippen LogP contribution in [0.4, 0.5) is 0 Å². The van der Waals surface area contributed by atoms with Crippen LogP contribution in [0.25, 0.3) is 0 Å². The summed E-state index contributed by atoms with van der Waals surface area (Å²) in [5.74, 6) is -0.917. The topological polar surface area (TPSA) is 73.9 Å². The molecular weight excluding hydrogens is 390 g/mol. The van der Waals surface area contributed by atoms with Crippen LogP contribution in [0.1, 0.15) is 18.4 Å². The second kappa shape index (κ2) is 8.20. The molecule has 0 bridgehead atoms. The lowest BCUT2D eigenvalue weighted by Gasteiger charge is -2.30.